The third kappa shape index (κ3) is 2.72. The number of nitrogens with zero attached hydrogens (tertiary/aromatic N) is 3. The van der Waals surface area contributed by atoms with Crippen LogP contribution in [0.25, 0.3) is 10.2 Å². The van der Waals surface area contributed by atoms with Crippen molar-refractivity contribution in [1.29, 1.82) is 0 Å². The van der Waals surface area contributed by atoms with Crippen LogP contribution in [0.4, 0.5) is 5.13 Å². The van der Waals surface area contributed by atoms with E-state index < -0.39 is 0 Å². The molecule has 0 saturated heterocycles. The minimum absolute atomic E-state index is 0.173. The van der Waals surface area contributed by atoms with Crippen LogP contribution in [0.2, 0.25) is 10.2 Å². The first-order valence-corrected chi connectivity index (χ1v) is 7.06. The van der Waals surface area contributed by atoms with Crippen molar-refractivity contribution in [2.45, 2.75) is 0 Å². The van der Waals surface area contributed by atoms with Gasteiger partial charge in [0.25, 0.3) is 5.91 Å². The van der Waals surface area contributed by atoms with E-state index in [0.717, 1.165) is 10.2 Å². The summed E-state index contributed by atoms with van der Waals surface area (Å²) in [6, 6.07) is 8.34. The predicted octanol–water partition coefficient (Wildman–Crippen LogP) is 3.65. The van der Waals surface area contributed by atoms with E-state index in [2.05, 4.69) is 20.5 Å². The van der Waals surface area contributed by atoms with Gasteiger partial charge in [-0.3, -0.25) is 10.1 Å². The van der Waals surface area contributed by atoms with Gasteiger partial charge in [0.05, 0.1) is 10.2 Å². The largest absolute Gasteiger partial charge is 0.296 e. The molecule has 3 rings (SSSR count). The number of hydrogen-bond acceptors (Lipinski definition) is 5. The number of nitrogens with one attached hydrogen (secondary N) is 1. The lowest BCUT2D eigenvalue weighted by Crippen LogP contribution is -2.13. The standard InChI is InChI=1S/C12H6Cl2N4OS/c13-6-1-2-7-9(5-6)20-12(15-7)16-11(19)8-3-4-10(14)18-17-8/h1-5H,(H,15,16,19). The molecule has 0 atom stereocenters. The van der Waals surface area contributed by atoms with Crippen molar-refractivity contribution in [3.05, 3.63) is 46.2 Å². The number of carbonyl (C=O) groups is 1. The number of amides is 1. The minimum Gasteiger partial charge on any atom is -0.296 e. The number of aromatic nitrogens is 3. The van der Waals surface area contributed by atoms with Crippen molar-refractivity contribution >= 4 is 55.8 Å². The third-order valence-electron chi connectivity index (χ3n) is 2.44. The lowest BCUT2D eigenvalue weighted by molar-refractivity contribution is 0.102. The molecule has 0 spiro atoms. The average molecular weight is 325 g/mol. The molecule has 2 aromatic heterocycles. The van der Waals surface area contributed by atoms with Gasteiger partial charge in [-0.25, -0.2) is 4.98 Å². The number of hydrogen-bond donors (Lipinski definition) is 1. The number of rotatable bonds is 2. The van der Waals surface area contributed by atoms with Crippen LogP contribution in [0.1, 0.15) is 10.5 Å². The molecule has 0 aliphatic rings. The van der Waals surface area contributed by atoms with Crippen LogP contribution in [-0.2, 0) is 0 Å². The second-order valence-corrected chi connectivity index (χ2v) is 5.68. The van der Waals surface area contributed by atoms with Crippen LogP contribution in [-0.4, -0.2) is 21.1 Å². The number of carbonyl (C=O) groups excluding carboxylic acids is 1. The van der Waals surface area contributed by atoms with Gasteiger partial charge < -0.3 is 0 Å². The fourth-order valence-electron chi connectivity index (χ4n) is 1.55. The topological polar surface area (TPSA) is 67.8 Å². The SMILES string of the molecule is O=C(Nc1nc2ccc(Cl)cc2s1)c1ccc(Cl)nn1. The van der Waals surface area contributed by atoms with Gasteiger partial charge in [0, 0.05) is 5.02 Å². The Balaban J connectivity index is 1.85. The first kappa shape index (κ1) is 13.2. The summed E-state index contributed by atoms with van der Waals surface area (Å²) < 4.78 is 0.898. The van der Waals surface area contributed by atoms with Crippen LogP contribution >= 0.6 is 34.5 Å². The number of fused-ring (bicyclic) bond motifs is 1. The summed E-state index contributed by atoms with van der Waals surface area (Å²) in [5.74, 6) is -0.390. The molecular formula is C12H6Cl2N4OS. The lowest BCUT2D eigenvalue weighted by atomic mass is 10.3. The third-order valence-corrected chi connectivity index (χ3v) is 3.81. The zero-order valence-corrected chi connectivity index (χ0v) is 12.1. The van der Waals surface area contributed by atoms with E-state index >= 15 is 0 Å². The number of thiazole rings is 1. The molecule has 100 valence electrons. The van der Waals surface area contributed by atoms with E-state index in [1.54, 1.807) is 18.2 Å². The van der Waals surface area contributed by atoms with Crippen molar-refractivity contribution < 1.29 is 4.79 Å². The Hall–Kier alpha value is -1.76. The maximum absolute atomic E-state index is 12.0. The molecule has 0 saturated carbocycles. The molecule has 3 aromatic rings. The summed E-state index contributed by atoms with van der Waals surface area (Å²) in [5.41, 5.74) is 0.948. The molecule has 0 radical (unpaired) electrons. The van der Waals surface area contributed by atoms with Gasteiger partial charge in [0.1, 0.15) is 0 Å². The summed E-state index contributed by atoms with van der Waals surface area (Å²) in [4.78, 5) is 16.2. The summed E-state index contributed by atoms with van der Waals surface area (Å²) in [6.07, 6.45) is 0. The van der Waals surface area contributed by atoms with Gasteiger partial charge in [0.15, 0.2) is 16.0 Å². The van der Waals surface area contributed by atoms with Crippen molar-refractivity contribution in [2.75, 3.05) is 5.32 Å². The fraction of sp³-hybridized carbons (Fsp3) is 0. The molecule has 0 aliphatic carbocycles. The summed E-state index contributed by atoms with van der Waals surface area (Å²) in [5, 5.41) is 11.3. The van der Waals surface area contributed by atoms with Crippen LogP contribution in [0.3, 0.4) is 0 Å². The summed E-state index contributed by atoms with van der Waals surface area (Å²) in [6.45, 7) is 0. The van der Waals surface area contributed by atoms with E-state index in [9.17, 15) is 4.79 Å². The monoisotopic (exact) mass is 324 g/mol. The average Bonchev–Trinajstić information content (AvgIpc) is 2.80. The maximum Gasteiger partial charge on any atom is 0.277 e. The van der Waals surface area contributed by atoms with Gasteiger partial charge in [-0.05, 0) is 30.3 Å². The second kappa shape index (κ2) is 5.32. The Morgan fingerprint density at radius 1 is 1.15 bits per heavy atom. The van der Waals surface area contributed by atoms with Gasteiger partial charge >= 0.3 is 0 Å². The van der Waals surface area contributed by atoms with Gasteiger partial charge in [-0.1, -0.05) is 34.5 Å². The van der Waals surface area contributed by atoms with E-state index in [1.807, 2.05) is 0 Å². The molecule has 5 nitrogen and oxygen atoms in total. The highest BCUT2D eigenvalue weighted by atomic mass is 35.5. The van der Waals surface area contributed by atoms with Gasteiger partial charge in [-0.15, -0.1) is 10.2 Å². The van der Waals surface area contributed by atoms with E-state index in [1.165, 1.54) is 23.5 Å². The van der Waals surface area contributed by atoms with E-state index in [0.29, 0.717) is 10.2 Å². The highest BCUT2D eigenvalue weighted by Crippen LogP contribution is 2.28. The molecule has 0 bridgehead atoms. The first-order valence-electron chi connectivity index (χ1n) is 5.48. The molecule has 0 fully saturated rings. The molecule has 1 N–H and O–H groups in total. The Morgan fingerprint density at radius 3 is 2.75 bits per heavy atom. The van der Waals surface area contributed by atoms with E-state index in [-0.39, 0.29) is 16.8 Å². The maximum atomic E-state index is 12.0. The fourth-order valence-corrected chi connectivity index (χ4v) is 2.79. The van der Waals surface area contributed by atoms with Crippen molar-refractivity contribution in [3.63, 3.8) is 0 Å². The second-order valence-electron chi connectivity index (χ2n) is 3.83. The zero-order chi connectivity index (χ0) is 14.1. The van der Waals surface area contributed by atoms with Crippen LogP contribution in [0.5, 0.6) is 0 Å². The first-order chi connectivity index (χ1) is 9.61. The Bertz CT molecular complexity index is 788. The molecule has 0 aliphatic heterocycles. The summed E-state index contributed by atoms with van der Waals surface area (Å²) in [7, 11) is 0. The molecule has 8 heteroatoms. The molecular weight excluding hydrogens is 319 g/mol. The van der Waals surface area contributed by atoms with E-state index in [4.69, 9.17) is 23.2 Å². The van der Waals surface area contributed by atoms with Crippen molar-refractivity contribution in [3.8, 4) is 0 Å². The minimum atomic E-state index is -0.390. The van der Waals surface area contributed by atoms with Crippen LogP contribution in [0.15, 0.2) is 30.3 Å². The lowest BCUT2D eigenvalue weighted by Gasteiger charge is -1.99. The normalized spacial score (nSPS) is 10.7. The number of anilines is 1. The molecule has 2 heterocycles. The van der Waals surface area contributed by atoms with Crippen LogP contribution < -0.4 is 5.32 Å². The smallest absolute Gasteiger partial charge is 0.277 e. The summed E-state index contributed by atoms with van der Waals surface area (Å²) >= 11 is 12.9. The highest BCUT2D eigenvalue weighted by molar-refractivity contribution is 7.22. The Morgan fingerprint density at radius 2 is 2.00 bits per heavy atom. The predicted molar refractivity (Wildman–Crippen MR) is 79.6 cm³/mol. The zero-order valence-electron chi connectivity index (χ0n) is 9.80. The van der Waals surface area contributed by atoms with Crippen molar-refractivity contribution in [2.24, 2.45) is 0 Å². The molecule has 0 unspecified atom stereocenters. The quantitative estimate of drug-likeness (QED) is 0.781. The highest BCUT2D eigenvalue weighted by Gasteiger charge is 2.11. The number of benzene rings is 1. The molecule has 1 aromatic carbocycles. The number of halogens is 2. The Kier molecular flexibility index (Phi) is 3.52. The van der Waals surface area contributed by atoms with Gasteiger partial charge in [-0.2, -0.15) is 0 Å². The molecule has 20 heavy (non-hydrogen) atoms. The molecule has 1 amide bonds. The van der Waals surface area contributed by atoms with Crippen LogP contribution in [0, 0.1) is 0 Å². The van der Waals surface area contributed by atoms with Gasteiger partial charge in [0.2, 0.25) is 0 Å². The van der Waals surface area contributed by atoms with Crippen molar-refractivity contribution in [1.82, 2.24) is 15.2 Å². The Labute approximate surface area is 127 Å².